The summed E-state index contributed by atoms with van der Waals surface area (Å²) in [5.41, 5.74) is 0. The number of aliphatic hydroxyl groups is 1. The first-order valence-corrected chi connectivity index (χ1v) is 8.54. The van der Waals surface area contributed by atoms with Crippen LogP contribution in [0.3, 0.4) is 0 Å². The third-order valence-electron chi connectivity index (χ3n) is 5.72. The van der Waals surface area contributed by atoms with E-state index >= 15 is 0 Å². The molecule has 0 amide bonds. The molecule has 1 N–H and O–H groups in total. The minimum atomic E-state index is -0.191. The predicted molar refractivity (Wildman–Crippen MR) is 78.9 cm³/mol. The molecule has 1 aliphatic heterocycles. The highest BCUT2D eigenvalue weighted by Crippen LogP contribution is 2.39. The van der Waals surface area contributed by atoms with E-state index < -0.39 is 0 Å². The molecule has 0 spiro atoms. The summed E-state index contributed by atoms with van der Waals surface area (Å²) in [4.78, 5) is 11.4. The highest BCUT2D eigenvalue weighted by atomic mass is 16.6. The molecule has 0 aromatic carbocycles. The Morgan fingerprint density at radius 1 is 1.24 bits per heavy atom. The summed E-state index contributed by atoms with van der Waals surface area (Å²) in [6.07, 6.45) is 8.11. The summed E-state index contributed by atoms with van der Waals surface area (Å²) in [5, 5.41) is 9.79. The van der Waals surface area contributed by atoms with Crippen LogP contribution in [-0.2, 0) is 14.3 Å². The first-order chi connectivity index (χ1) is 10.2. The highest BCUT2D eigenvalue weighted by Gasteiger charge is 2.43. The van der Waals surface area contributed by atoms with E-state index in [9.17, 15) is 9.90 Å². The van der Waals surface area contributed by atoms with Gasteiger partial charge in [-0.25, -0.2) is 0 Å². The van der Waals surface area contributed by atoms with E-state index in [1.807, 2.05) is 0 Å². The van der Waals surface area contributed by atoms with Crippen LogP contribution in [0.15, 0.2) is 0 Å². The van der Waals surface area contributed by atoms with Gasteiger partial charge in [0.25, 0.3) is 0 Å². The maximum atomic E-state index is 11.4. The number of carbonyl (C=O) groups is 1. The Hall–Kier alpha value is -0.450. The predicted octanol–water partition coefficient (Wildman–Crippen LogP) is 2.18. The number of carbonyl (C=O) groups excluding carboxylic acids is 1. The Bertz CT molecular complexity index is 359. The van der Waals surface area contributed by atoms with Crippen LogP contribution >= 0.6 is 0 Å². The minimum absolute atomic E-state index is 0.00605. The summed E-state index contributed by atoms with van der Waals surface area (Å²) in [7, 11) is 0. The third kappa shape index (κ3) is 3.85. The van der Waals surface area contributed by atoms with Crippen molar-refractivity contribution in [1.29, 1.82) is 0 Å². The zero-order valence-electron chi connectivity index (χ0n) is 12.9. The lowest BCUT2D eigenvalue weighted by atomic mass is 9.75. The van der Waals surface area contributed by atoms with Crippen molar-refractivity contribution in [2.75, 3.05) is 13.2 Å². The Morgan fingerprint density at radius 2 is 2.10 bits per heavy atom. The summed E-state index contributed by atoms with van der Waals surface area (Å²) >= 11 is 0. The molecule has 2 aliphatic carbocycles. The van der Waals surface area contributed by atoms with E-state index in [0.29, 0.717) is 36.6 Å². The fraction of sp³-hybridized carbons (Fsp3) is 0.941. The Balaban J connectivity index is 1.39. The van der Waals surface area contributed by atoms with Gasteiger partial charge in [-0.05, 0) is 56.3 Å². The Labute approximate surface area is 127 Å². The Kier molecular flexibility index (Phi) is 4.97. The first kappa shape index (κ1) is 15.4. The second kappa shape index (κ2) is 6.76. The zero-order chi connectivity index (χ0) is 14.8. The van der Waals surface area contributed by atoms with Crippen LogP contribution < -0.4 is 0 Å². The second-order valence-corrected chi connectivity index (χ2v) is 7.35. The molecule has 4 heteroatoms. The molecule has 4 nitrogen and oxygen atoms in total. The molecule has 21 heavy (non-hydrogen) atoms. The van der Waals surface area contributed by atoms with Crippen molar-refractivity contribution in [2.45, 2.75) is 63.8 Å². The van der Waals surface area contributed by atoms with Crippen LogP contribution in [0.1, 0.15) is 45.4 Å². The topological polar surface area (TPSA) is 59.1 Å². The smallest absolute Gasteiger partial charge is 0.125 e. The summed E-state index contributed by atoms with van der Waals surface area (Å²) in [6.45, 7) is 3.39. The summed E-state index contributed by atoms with van der Waals surface area (Å²) in [6, 6.07) is 0. The number of fused-ring (bicyclic) bond motifs is 1. The molecule has 0 bridgehead atoms. The van der Waals surface area contributed by atoms with Crippen LogP contribution in [0, 0.1) is 23.7 Å². The van der Waals surface area contributed by atoms with Gasteiger partial charge >= 0.3 is 0 Å². The lowest BCUT2D eigenvalue weighted by Crippen LogP contribution is -2.33. The van der Waals surface area contributed by atoms with Crippen molar-refractivity contribution in [1.82, 2.24) is 0 Å². The summed E-state index contributed by atoms with van der Waals surface area (Å²) < 4.78 is 11.4. The fourth-order valence-electron chi connectivity index (χ4n) is 4.11. The molecule has 7 atom stereocenters. The van der Waals surface area contributed by atoms with Crippen molar-refractivity contribution in [3.63, 3.8) is 0 Å². The number of epoxide rings is 1. The average molecular weight is 296 g/mol. The molecule has 1 saturated heterocycles. The molecule has 7 unspecified atom stereocenters. The van der Waals surface area contributed by atoms with Crippen molar-refractivity contribution in [3.05, 3.63) is 0 Å². The van der Waals surface area contributed by atoms with Gasteiger partial charge in [-0.2, -0.15) is 0 Å². The lowest BCUT2D eigenvalue weighted by Gasteiger charge is -2.34. The average Bonchev–Trinajstić information content (AvgIpc) is 3.25. The number of ether oxygens (including phenoxy) is 2. The van der Waals surface area contributed by atoms with Gasteiger partial charge in [0.15, 0.2) is 0 Å². The van der Waals surface area contributed by atoms with Crippen LogP contribution in [0.2, 0.25) is 0 Å². The molecule has 3 aliphatic rings. The molecule has 2 saturated carbocycles. The maximum absolute atomic E-state index is 11.4. The van der Waals surface area contributed by atoms with Gasteiger partial charge in [0.2, 0.25) is 0 Å². The maximum Gasteiger partial charge on any atom is 0.125 e. The number of aldehydes is 1. The standard InChI is InChI=1S/C17H28O4/c1-11-6-13(3-4-15(11)19)14(8-18)10-20-9-12-2-5-16-17(7-12)21-16/h8,11-17,19H,2-7,9-10H2,1H3. The molecule has 0 aromatic heterocycles. The van der Waals surface area contributed by atoms with E-state index in [0.717, 1.165) is 38.6 Å². The Morgan fingerprint density at radius 3 is 2.81 bits per heavy atom. The van der Waals surface area contributed by atoms with Gasteiger partial charge in [-0.15, -0.1) is 0 Å². The first-order valence-electron chi connectivity index (χ1n) is 8.54. The monoisotopic (exact) mass is 296 g/mol. The SMILES string of the molecule is CC1CC(C(C=O)COCC2CCC3OC3C2)CCC1O. The molecular formula is C17H28O4. The van der Waals surface area contributed by atoms with Gasteiger partial charge in [0, 0.05) is 12.5 Å². The van der Waals surface area contributed by atoms with Crippen LogP contribution in [0.25, 0.3) is 0 Å². The van der Waals surface area contributed by atoms with Crippen molar-refractivity contribution >= 4 is 6.29 Å². The second-order valence-electron chi connectivity index (χ2n) is 7.35. The van der Waals surface area contributed by atoms with E-state index in [4.69, 9.17) is 9.47 Å². The van der Waals surface area contributed by atoms with Gasteiger partial charge in [-0.3, -0.25) is 0 Å². The zero-order valence-corrected chi connectivity index (χ0v) is 12.9. The largest absolute Gasteiger partial charge is 0.393 e. The van der Waals surface area contributed by atoms with Gasteiger partial charge in [-0.1, -0.05) is 6.92 Å². The number of hydrogen-bond donors (Lipinski definition) is 1. The van der Waals surface area contributed by atoms with E-state index in [1.54, 1.807) is 0 Å². The molecule has 120 valence electrons. The van der Waals surface area contributed by atoms with E-state index in [2.05, 4.69) is 6.92 Å². The van der Waals surface area contributed by atoms with Crippen LogP contribution in [0.5, 0.6) is 0 Å². The van der Waals surface area contributed by atoms with Gasteiger partial charge < -0.3 is 19.4 Å². The molecular weight excluding hydrogens is 268 g/mol. The summed E-state index contributed by atoms with van der Waals surface area (Å²) in [5.74, 6) is 1.28. The minimum Gasteiger partial charge on any atom is -0.393 e. The van der Waals surface area contributed by atoms with Crippen LogP contribution in [-0.4, -0.2) is 42.9 Å². The normalized spacial score (nSPS) is 43.9. The highest BCUT2D eigenvalue weighted by molar-refractivity contribution is 5.54. The quantitative estimate of drug-likeness (QED) is 0.603. The van der Waals surface area contributed by atoms with Crippen LogP contribution in [0.4, 0.5) is 0 Å². The lowest BCUT2D eigenvalue weighted by molar-refractivity contribution is -0.116. The van der Waals surface area contributed by atoms with E-state index in [1.165, 1.54) is 12.8 Å². The van der Waals surface area contributed by atoms with E-state index in [-0.39, 0.29) is 12.0 Å². The number of rotatable bonds is 6. The fourth-order valence-corrected chi connectivity index (χ4v) is 4.11. The number of hydrogen-bond acceptors (Lipinski definition) is 4. The van der Waals surface area contributed by atoms with Gasteiger partial charge in [0.1, 0.15) is 6.29 Å². The molecule has 0 aromatic rings. The van der Waals surface area contributed by atoms with Gasteiger partial charge in [0.05, 0.1) is 24.9 Å². The van der Waals surface area contributed by atoms with Crippen molar-refractivity contribution in [2.24, 2.45) is 23.7 Å². The van der Waals surface area contributed by atoms with Crippen molar-refractivity contribution < 1.29 is 19.4 Å². The molecule has 3 fully saturated rings. The third-order valence-corrected chi connectivity index (χ3v) is 5.72. The molecule has 0 radical (unpaired) electrons. The van der Waals surface area contributed by atoms with Crippen molar-refractivity contribution in [3.8, 4) is 0 Å². The number of aliphatic hydroxyl groups excluding tert-OH is 1. The molecule has 3 rings (SSSR count). The molecule has 1 heterocycles.